The molecular weight excluding hydrogens is 288 g/mol. The predicted molar refractivity (Wildman–Crippen MR) is 90.6 cm³/mol. The van der Waals surface area contributed by atoms with Gasteiger partial charge in [-0.3, -0.25) is 4.79 Å². The quantitative estimate of drug-likeness (QED) is 0.877. The van der Waals surface area contributed by atoms with E-state index < -0.39 is 6.10 Å². The Kier molecular flexibility index (Phi) is 5.34. The van der Waals surface area contributed by atoms with E-state index >= 15 is 0 Å². The highest BCUT2D eigenvalue weighted by atomic mass is 16.3. The number of hydrogen-bond acceptors (Lipinski definition) is 3. The van der Waals surface area contributed by atoms with Crippen LogP contribution in [0.3, 0.4) is 0 Å². The number of amides is 1. The van der Waals surface area contributed by atoms with Gasteiger partial charge in [0.15, 0.2) is 0 Å². The van der Waals surface area contributed by atoms with Crippen LogP contribution in [0, 0.1) is 11.8 Å². The average Bonchev–Trinajstić information content (AvgIpc) is 3.24. The first-order chi connectivity index (χ1) is 11.2. The van der Waals surface area contributed by atoms with Gasteiger partial charge in [-0.25, -0.2) is 0 Å². The molecule has 3 rings (SSSR count). The summed E-state index contributed by atoms with van der Waals surface area (Å²) in [7, 11) is 0. The predicted octanol–water partition coefficient (Wildman–Crippen LogP) is 2.48. The zero-order valence-corrected chi connectivity index (χ0v) is 13.7. The molecule has 4 heteroatoms. The Morgan fingerprint density at radius 2 is 2.00 bits per heavy atom. The summed E-state index contributed by atoms with van der Waals surface area (Å²) in [5, 5.41) is 10.5. The van der Waals surface area contributed by atoms with Gasteiger partial charge in [-0.05, 0) is 50.1 Å². The third-order valence-electron chi connectivity index (χ3n) is 5.62. The molecule has 1 aromatic carbocycles. The van der Waals surface area contributed by atoms with Crippen molar-refractivity contribution in [2.45, 2.75) is 50.7 Å². The second kappa shape index (κ2) is 7.45. The highest BCUT2D eigenvalue weighted by Gasteiger charge is 2.39. The first kappa shape index (κ1) is 16.5. The second-order valence-corrected chi connectivity index (χ2v) is 7.02. The molecule has 0 spiro atoms. The summed E-state index contributed by atoms with van der Waals surface area (Å²) in [4.78, 5) is 15.0. The molecule has 1 heterocycles. The summed E-state index contributed by atoms with van der Waals surface area (Å²) in [6.45, 7) is 1.44. The molecule has 1 aromatic rings. The van der Waals surface area contributed by atoms with Gasteiger partial charge in [-0.1, -0.05) is 36.8 Å². The largest absolute Gasteiger partial charge is 0.388 e. The van der Waals surface area contributed by atoms with Gasteiger partial charge in [0.05, 0.1) is 6.10 Å². The van der Waals surface area contributed by atoms with Crippen LogP contribution in [0.25, 0.3) is 0 Å². The first-order valence-electron chi connectivity index (χ1n) is 8.94. The van der Waals surface area contributed by atoms with E-state index in [2.05, 4.69) is 0 Å². The number of likely N-dealkylation sites (tertiary alicyclic amines) is 1. The lowest BCUT2D eigenvalue weighted by Crippen LogP contribution is -2.42. The van der Waals surface area contributed by atoms with Crippen molar-refractivity contribution in [3.05, 3.63) is 35.9 Å². The molecule has 1 aliphatic carbocycles. The molecule has 0 radical (unpaired) electrons. The molecule has 0 bridgehead atoms. The maximum atomic E-state index is 12.9. The standard InChI is InChI=1S/C19H28N2O2/c20-13-15-8-4-10-17(15)19(23)21-11-5-9-16(21)12-18(22)14-6-2-1-3-7-14/h1-3,6-7,15-18,22H,4-5,8-13,20H2/t15-,16?,17-,18?/m1/s1. The van der Waals surface area contributed by atoms with E-state index in [1.807, 2.05) is 35.2 Å². The Bertz CT molecular complexity index is 519. The van der Waals surface area contributed by atoms with Crippen LogP contribution in [-0.4, -0.2) is 35.0 Å². The molecule has 0 aromatic heterocycles. The molecule has 4 nitrogen and oxygen atoms in total. The van der Waals surface area contributed by atoms with Crippen molar-refractivity contribution in [3.8, 4) is 0 Å². The van der Waals surface area contributed by atoms with Crippen molar-refractivity contribution in [1.82, 2.24) is 4.90 Å². The number of rotatable bonds is 5. The van der Waals surface area contributed by atoms with E-state index in [1.165, 1.54) is 0 Å². The Morgan fingerprint density at radius 3 is 2.74 bits per heavy atom. The maximum absolute atomic E-state index is 12.9. The van der Waals surface area contributed by atoms with Crippen LogP contribution in [0.5, 0.6) is 0 Å². The van der Waals surface area contributed by atoms with Crippen molar-refractivity contribution in [1.29, 1.82) is 0 Å². The summed E-state index contributed by atoms with van der Waals surface area (Å²) >= 11 is 0. The Hall–Kier alpha value is -1.39. The number of nitrogens with two attached hydrogens (primary N) is 1. The summed E-state index contributed by atoms with van der Waals surface area (Å²) < 4.78 is 0. The van der Waals surface area contributed by atoms with Crippen LogP contribution in [-0.2, 0) is 4.79 Å². The van der Waals surface area contributed by atoms with E-state index in [0.29, 0.717) is 18.9 Å². The lowest BCUT2D eigenvalue weighted by atomic mass is 9.93. The molecule has 126 valence electrons. The van der Waals surface area contributed by atoms with Crippen LogP contribution in [0.15, 0.2) is 30.3 Å². The lowest BCUT2D eigenvalue weighted by Gasteiger charge is -2.30. The normalized spacial score (nSPS) is 29.0. The molecule has 3 N–H and O–H groups in total. The smallest absolute Gasteiger partial charge is 0.226 e. The third-order valence-corrected chi connectivity index (χ3v) is 5.62. The fourth-order valence-corrected chi connectivity index (χ4v) is 4.30. The van der Waals surface area contributed by atoms with Gasteiger partial charge in [0.1, 0.15) is 0 Å². The molecule has 1 aliphatic heterocycles. The monoisotopic (exact) mass is 316 g/mol. The number of aliphatic hydroxyl groups excluding tert-OH is 1. The fourth-order valence-electron chi connectivity index (χ4n) is 4.30. The minimum absolute atomic E-state index is 0.106. The molecule has 1 amide bonds. The van der Waals surface area contributed by atoms with Crippen molar-refractivity contribution in [2.75, 3.05) is 13.1 Å². The van der Waals surface area contributed by atoms with Crippen LogP contribution in [0.4, 0.5) is 0 Å². The van der Waals surface area contributed by atoms with Gasteiger partial charge in [0.2, 0.25) is 5.91 Å². The number of nitrogens with zero attached hydrogens (tertiary/aromatic N) is 1. The van der Waals surface area contributed by atoms with Gasteiger partial charge < -0.3 is 15.7 Å². The molecule has 2 aliphatic rings. The molecule has 1 saturated carbocycles. The van der Waals surface area contributed by atoms with E-state index in [0.717, 1.165) is 44.2 Å². The summed E-state index contributed by atoms with van der Waals surface area (Å²) in [5.41, 5.74) is 6.78. The van der Waals surface area contributed by atoms with Crippen molar-refractivity contribution >= 4 is 5.91 Å². The van der Waals surface area contributed by atoms with Crippen molar-refractivity contribution in [3.63, 3.8) is 0 Å². The lowest BCUT2D eigenvalue weighted by molar-refractivity contribution is -0.137. The van der Waals surface area contributed by atoms with Gasteiger partial charge in [-0.15, -0.1) is 0 Å². The van der Waals surface area contributed by atoms with E-state index in [-0.39, 0.29) is 17.9 Å². The molecular formula is C19H28N2O2. The van der Waals surface area contributed by atoms with Gasteiger partial charge in [-0.2, -0.15) is 0 Å². The minimum Gasteiger partial charge on any atom is -0.388 e. The zero-order chi connectivity index (χ0) is 16.2. The number of carbonyl (C=O) groups is 1. The Labute approximate surface area is 138 Å². The van der Waals surface area contributed by atoms with E-state index in [4.69, 9.17) is 5.73 Å². The third kappa shape index (κ3) is 3.59. The van der Waals surface area contributed by atoms with Crippen LogP contribution < -0.4 is 5.73 Å². The topological polar surface area (TPSA) is 66.6 Å². The van der Waals surface area contributed by atoms with E-state index in [9.17, 15) is 9.90 Å². The van der Waals surface area contributed by atoms with Crippen molar-refractivity contribution in [2.24, 2.45) is 17.6 Å². The van der Waals surface area contributed by atoms with Gasteiger partial charge in [0.25, 0.3) is 0 Å². The second-order valence-electron chi connectivity index (χ2n) is 7.02. The Balaban J connectivity index is 1.64. The maximum Gasteiger partial charge on any atom is 0.226 e. The molecule has 23 heavy (non-hydrogen) atoms. The number of benzene rings is 1. The number of aliphatic hydroxyl groups is 1. The number of hydrogen-bond donors (Lipinski definition) is 2. The highest BCUT2D eigenvalue weighted by molar-refractivity contribution is 5.80. The first-order valence-corrected chi connectivity index (χ1v) is 8.94. The van der Waals surface area contributed by atoms with Gasteiger partial charge >= 0.3 is 0 Å². The molecule has 2 fully saturated rings. The molecule has 1 saturated heterocycles. The summed E-state index contributed by atoms with van der Waals surface area (Å²) in [6.07, 6.45) is 5.35. The summed E-state index contributed by atoms with van der Waals surface area (Å²) in [5.74, 6) is 0.734. The van der Waals surface area contributed by atoms with Crippen LogP contribution in [0.2, 0.25) is 0 Å². The van der Waals surface area contributed by atoms with E-state index in [1.54, 1.807) is 0 Å². The average molecular weight is 316 g/mol. The van der Waals surface area contributed by atoms with Crippen molar-refractivity contribution < 1.29 is 9.90 Å². The summed E-state index contributed by atoms with van der Waals surface area (Å²) in [6, 6.07) is 9.91. The Morgan fingerprint density at radius 1 is 1.22 bits per heavy atom. The fraction of sp³-hybridized carbons (Fsp3) is 0.632. The zero-order valence-electron chi connectivity index (χ0n) is 13.7. The number of carbonyl (C=O) groups excluding carboxylic acids is 1. The SMILES string of the molecule is NC[C@H]1CCC[C@H]1C(=O)N1CCCC1CC(O)c1ccccc1. The molecule has 2 unspecified atom stereocenters. The minimum atomic E-state index is -0.497. The van der Waals surface area contributed by atoms with Gasteiger partial charge in [0, 0.05) is 18.5 Å². The van der Waals surface area contributed by atoms with Crippen LogP contribution in [0.1, 0.15) is 50.2 Å². The van der Waals surface area contributed by atoms with Crippen LogP contribution >= 0.6 is 0 Å². The molecule has 4 atom stereocenters. The highest BCUT2D eigenvalue weighted by Crippen LogP contribution is 2.35.